The maximum atomic E-state index is 13.3. The Morgan fingerprint density at radius 1 is 1.28 bits per heavy atom. The van der Waals surface area contributed by atoms with Crippen molar-refractivity contribution in [2.45, 2.75) is 45.3 Å². The fraction of sp³-hybridized carbons (Fsp3) is 0.526. The molecular formula is C19H27N5O. The van der Waals surface area contributed by atoms with Crippen molar-refractivity contribution in [2.75, 3.05) is 19.6 Å². The summed E-state index contributed by atoms with van der Waals surface area (Å²) < 4.78 is 1.87. The van der Waals surface area contributed by atoms with Crippen LogP contribution in [-0.2, 0) is 11.3 Å². The van der Waals surface area contributed by atoms with Gasteiger partial charge in [-0.3, -0.25) is 14.4 Å². The first-order valence-corrected chi connectivity index (χ1v) is 9.16. The van der Waals surface area contributed by atoms with E-state index in [4.69, 9.17) is 0 Å². The van der Waals surface area contributed by atoms with Gasteiger partial charge in [-0.2, -0.15) is 5.10 Å². The normalized spacial score (nSPS) is 19.0. The van der Waals surface area contributed by atoms with E-state index in [1.165, 1.54) is 0 Å². The number of aromatic nitrogens is 3. The minimum atomic E-state index is -0.225. The topological polar surface area (TPSA) is 54.3 Å². The Bertz CT molecular complexity index is 654. The number of carbonyl (C=O) groups is 1. The first-order valence-electron chi connectivity index (χ1n) is 9.16. The highest BCUT2D eigenvalue weighted by Crippen LogP contribution is 2.31. The highest BCUT2D eigenvalue weighted by atomic mass is 16.2. The molecule has 25 heavy (non-hydrogen) atoms. The summed E-state index contributed by atoms with van der Waals surface area (Å²) in [7, 11) is 0. The molecule has 1 fully saturated rings. The molecule has 3 rings (SSSR count). The Morgan fingerprint density at radius 3 is 2.68 bits per heavy atom. The molecule has 0 saturated carbocycles. The lowest BCUT2D eigenvalue weighted by Crippen LogP contribution is -2.46. The van der Waals surface area contributed by atoms with E-state index in [0.717, 1.165) is 44.6 Å². The monoisotopic (exact) mass is 341 g/mol. The van der Waals surface area contributed by atoms with Gasteiger partial charge >= 0.3 is 0 Å². The Hall–Kier alpha value is -2.21. The first-order chi connectivity index (χ1) is 12.2. The van der Waals surface area contributed by atoms with Crippen molar-refractivity contribution in [3.8, 4) is 0 Å². The zero-order chi connectivity index (χ0) is 17.6. The number of likely N-dealkylation sites (N-methyl/N-ethyl adjacent to an activating group) is 1. The van der Waals surface area contributed by atoms with Crippen molar-refractivity contribution in [1.82, 2.24) is 24.6 Å². The average Bonchev–Trinajstić information content (AvgIpc) is 3.30. The van der Waals surface area contributed by atoms with Crippen LogP contribution in [0, 0.1) is 0 Å². The number of carbonyl (C=O) groups excluding carboxylic acids is 1. The van der Waals surface area contributed by atoms with Crippen LogP contribution in [0.2, 0.25) is 0 Å². The molecule has 0 radical (unpaired) electrons. The predicted molar refractivity (Wildman–Crippen MR) is 96.9 cm³/mol. The van der Waals surface area contributed by atoms with Crippen LogP contribution in [0.1, 0.15) is 38.3 Å². The Labute approximate surface area is 149 Å². The highest BCUT2D eigenvalue weighted by Gasteiger charge is 2.37. The van der Waals surface area contributed by atoms with Gasteiger partial charge in [0.05, 0.1) is 6.54 Å². The SMILES string of the molecule is CCN(CC)C(=O)[C@H](c1ccccc1)N1CCC[C@H]1Cn1cncn1. The minimum absolute atomic E-state index is 0.196. The molecular weight excluding hydrogens is 314 g/mol. The smallest absolute Gasteiger partial charge is 0.244 e. The molecule has 6 nitrogen and oxygen atoms in total. The molecule has 0 unspecified atom stereocenters. The van der Waals surface area contributed by atoms with E-state index in [9.17, 15) is 4.79 Å². The molecule has 0 aliphatic carbocycles. The van der Waals surface area contributed by atoms with Gasteiger partial charge in [-0.1, -0.05) is 30.3 Å². The summed E-state index contributed by atoms with van der Waals surface area (Å²) in [6, 6.07) is 10.2. The van der Waals surface area contributed by atoms with Crippen LogP contribution >= 0.6 is 0 Å². The lowest BCUT2D eigenvalue weighted by molar-refractivity contribution is -0.137. The maximum absolute atomic E-state index is 13.3. The zero-order valence-corrected chi connectivity index (χ0v) is 15.1. The molecule has 2 atom stereocenters. The summed E-state index contributed by atoms with van der Waals surface area (Å²) in [6.45, 7) is 7.27. The average molecular weight is 341 g/mol. The second-order valence-corrected chi connectivity index (χ2v) is 6.48. The van der Waals surface area contributed by atoms with Crippen molar-refractivity contribution < 1.29 is 4.79 Å². The molecule has 6 heteroatoms. The molecule has 0 spiro atoms. The van der Waals surface area contributed by atoms with Crippen molar-refractivity contribution >= 4 is 5.91 Å². The summed E-state index contributed by atoms with van der Waals surface area (Å²) >= 11 is 0. The molecule has 0 N–H and O–H groups in total. The summed E-state index contributed by atoms with van der Waals surface area (Å²) in [5.74, 6) is 0.196. The fourth-order valence-electron chi connectivity index (χ4n) is 3.76. The summed E-state index contributed by atoms with van der Waals surface area (Å²) in [5.41, 5.74) is 1.07. The molecule has 1 aliphatic heterocycles. The third-order valence-electron chi connectivity index (χ3n) is 5.04. The molecule has 1 aromatic carbocycles. The quantitative estimate of drug-likeness (QED) is 0.776. The maximum Gasteiger partial charge on any atom is 0.244 e. The van der Waals surface area contributed by atoms with Gasteiger partial charge in [-0.15, -0.1) is 0 Å². The molecule has 1 amide bonds. The van der Waals surface area contributed by atoms with Gasteiger partial charge in [-0.05, 0) is 38.8 Å². The lowest BCUT2D eigenvalue weighted by Gasteiger charge is -2.35. The van der Waals surface area contributed by atoms with Gasteiger partial charge in [0.25, 0.3) is 0 Å². The van der Waals surface area contributed by atoms with E-state index in [2.05, 4.69) is 27.1 Å². The number of benzene rings is 1. The third kappa shape index (κ3) is 3.90. The van der Waals surface area contributed by atoms with Crippen molar-refractivity contribution in [3.05, 3.63) is 48.5 Å². The Kier molecular flexibility index (Phi) is 5.81. The van der Waals surface area contributed by atoms with Crippen molar-refractivity contribution in [2.24, 2.45) is 0 Å². The fourth-order valence-corrected chi connectivity index (χ4v) is 3.76. The van der Waals surface area contributed by atoms with E-state index < -0.39 is 0 Å². The van der Waals surface area contributed by atoms with Gasteiger partial charge in [0.1, 0.15) is 18.7 Å². The number of hydrogen-bond donors (Lipinski definition) is 0. The zero-order valence-electron chi connectivity index (χ0n) is 15.1. The van der Waals surface area contributed by atoms with Gasteiger partial charge in [0.15, 0.2) is 0 Å². The van der Waals surface area contributed by atoms with Crippen LogP contribution in [0.25, 0.3) is 0 Å². The number of amides is 1. The van der Waals surface area contributed by atoms with Gasteiger partial charge in [0.2, 0.25) is 5.91 Å². The molecule has 0 bridgehead atoms. The van der Waals surface area contributed by atoms with Crippen LogP contribution in [0.15, 0.2) is 43.0 Å². The standard InChI is InChI=1S/C19H27N5O/c1-3-22(4-2)19(25)18(16-9-6-5-7-10-16)24-12-8-11-17(24)13-23-15-20-14-21-23/h5-7,9-10,14-15,17-18H,3-4,8,11-13H2,1-2H3/t17-,18-/m0/s1. The van der Waals surface area contributed by atoms with E-state index in [1.807, 2.05) is 41.6 Å². The highest BCUT2D eigenvalue weighted by molar-refractivity contribution is 5.83. The molecule has 134 valence electrons. The van der Waals surface area contributed by atoms with Gasteiger partial charge in [-0.25, -0.2) is 4.98 Å². The molecule has 1 saturated heterocycles. The molecule has 2 aromatic rings. The van der Waals surface area contributed by atoms with Crippen LogP contribution in [0.5, 0.6) is 0 Å². The third-order valence-corrected chi connectivity index (χ3v) is 5.04. The van der Waals surface area contributed by atoms with Crippen molar-refractivity contribution in [1.29, 1.82) is 0 Å². The molecule has 1 aromatic heterocycles. The number of rotatable bonds is 7. The van der Waals surface area contributed by atoms with Crippen LogP contribution in [0.4, 0.5) is 0 Å². The van der Waals surface area contributed by atoms with E-state index >= 15 is 0 Å². The number of hydrogen-bond acceptors (Lipinski definition) is 4. The summed E-state index contributed by atoms with van der Waals surface area (Å²) in [4.78, 5) is 21.6. The van der Waals surface area contributed by atoms with Crippen LogP contribution in [-0.4, -0.2) is 56.1 Å². The van der Waals surface area contributed by atoms with Crippen LogP contribution < -0.4 is 0 Å². The molecule has 1 aliphatic rings. The molecule has 2 heterocycles. The summed E-state index contributed by atoms with van der Waals surface area (Å²) in [5, 5.41) is 4.24. The predicted octanol–water partition coefficient (Wildman–Crippen LogP) is 2.35. The first kappa shape index (κ1) is 17.6. The van der Waals surface area contributed by atoms with E-state index in [-0.39, 0.29) is 11.9 Å². The van der Waals surface area contributed by atoms with Gasteiger partial charge in [0, 0.05) is 19.1 Å². The van der Waals surface area contributed by atoms with Crippen LogP contribution in [0.3, 0.4) is 0 Å². The largest absolute Gasteiger partial charge is 0.342 e. The van der Waals surface area contributed by atoms with E-state index in [1.54, 1.807) is 12.7 Å². The number of nitrogens with zero attached hydrogens (tertiary/aromatic N) is 5. The number of likely N-dealkylation sites (tertiary alicyclic amines) is 1. The van der Waals surface area contributed by atoms with E-state index in [0.29, 0.717) is 6.04 Å². The second-order valence-electron chi connectivity index (χ2n) is 6.48. The Morgan fingerprint density at radius 2 is 2.04 bits per heavy atom. The summed E-state index contributed by atoms with van der Waals surface area (Å²) in [6.07, 6.45) is 5.50. The minimum Gasteiger partial charge on any atom is -0.342 e. The lowest BCUT2D eigenvalue weighted by atomic mass is 10.0. The Balaban J connectivity index is 1.88. The van der Waals surface area contributed by atoms with Gasteiger partial charge < -0.3 is 4.90 Å². The van der Waals surface area contributed by atoms with Crippen molar-refractivity contribution in [3.63, 3.8) is 0 Å². The second kappa shape index (κ2) is 8.25.